The third-order valence-electron chi connectivity index (χ3n) is 3.94. The van der Waals surface area contributed by atoms with E-state index in [1.165, 1.54) is 24.6 Å². The first-order valence-electron chi connectivity index (χ1n) is 7.20. The molecule has 1 aromatic heterocycles. The molecule has 2 aromatic rings. The van der Waals surface area contributed by atoms with Gasteiger partial charge in [0.1, 0.15) is 12.1 Å². The Bertz CT molecular complexity index is 689. The number of aromatic nitrogens is 2. The molecule has 1 aliphatic heterocycles. The van der Waals surface area contributed by atoms with E-state index in [0.29, 0.717) is 18.2 Å². The Kier molecular flexibility index (Phi) is 3.91. The molecule has 3 rings (SSSR count). The Labute approximate surface area is 129 Å². The molecule has 0 saturated carbocycles. The van der Waals surface area contributed by atoms with E-state index in [2.05, 4.69) is 27.4 Å². The molecule has 0 bridgehead atoms. The molecule has 0 radical (unpaired) electrons. The lowest BCUT2D eigenvalue weighted by molar-refractivity contribution is 0.188. The largest absolute Gasteiger partial charge is 0.481 e. The average molecular weight is 298 g/mol. The number of urea groups is 1. The number of hydrogen-bond acceptors (Lipinski definition) is 4. The van der Waals surface area contributed by atoms with Crippen LogP contribution in [0, 0.1) is 0 Å². The summed E-state index contributed by atoms with van der Waals surface area (Å²) < 4.78 is 5.03. The van der Waals surface area contributed by atoms with Crippen LogP contribution >= 0.6 is 0 Å². The number of nitrogens with zero attached hydrogens (tertiary/aromatic N) is 3. The van der Waals surface area contributed by atoms with E-state index in [1.807, 2.05) is 24.0 Å². The van der Waals surface area contributed by atoms with Crippen LogP contribution < -0.4 is 10.1 Å². The Morgan fingerprint density at radius 3 is 3.00 bits per heavy atom. The predicted octanol–water partition coefficient (Wildman–Crippen LogP) is 2.64. The van der Waals surface area contributed by atoms with Gasteiger partial charge in [0.25, 0.3) is 0 Å². The van der Waals surface area contributed by atoms with Crippen molar-refractivity contribution in [3.8, 4) is 5.88 Å². The Balaban J connectivity index is 1.76. The van der Waals surface area contributed by atoms with E-state index in [0.717, 1.165) is 6.42 Å². The number of ether oxygens (including phenoxy) is 1. The van der Waals surface area contributed by atoms with Gasteiger partial charge < -0.3 is 9.64 Å². The van der Waals surface area contributed by atoms with Gasteiger partial charge in [-0.3, -0.25) is 5.32 Å². The number of methoxy groups -OCH3 is 1. The van der Waals surface area contributed by atoms with Gasteiger partial charge in [-0.15, -0.1) is 0 Å². The van der Waals surface area contributed by atoms with Crippen LogP contribution in [0.4, 0.5) is 10.6 Å². The summed E-state index contributed by atoms with van der Waals surface area (Å²) in [4.78, 5) is 22.3. The zero-order chi connectivity index (χ0) is 15.5. The maximum absolute atomic E-state index is 12.5. The van der Waals surface area contributed by atoms with Crippen molar-refractivity contribution in [2.75, 3.05) is 19.0 Å². The molecule has 1 aromatic carbocycles. The van der Waals surface area contributed by atoms with Crippen molar-refractivity contribution >= 4 is 11.8 Å². The van der Waals surface area contributed by atoms with Gasteiger partial charge >= 0.3 is 6.03 Å². The van der Waals surface area contributed by atoms with Crippen molar-refractivity contribution < 1.29 is 9.53 Å². The van der Waals surface area contributed by atoms with Crippen molar-refractivity contribution in [1.82, 2.24) is 14.9 Å². The molecular weight excluding hydrogens is 280 g/mol. The smallest absolute Gasteiger partial charge is 0.323 e. The molecular formula is C16H18N4O2. The first kappa shape index (κ1) is 14.3. The van der Waals surface area contributed by atoms with Crippen LogP contribution in [0.5, 0.6) is 5.88 Å². The molecule has 6 heteroatoms. The summed E-state index contributed by atoms with van der Waals surface area (Å²) in [5.41, 5.74) is 2.51. The highest BCUT2D eigenvalue weighted by atomic mass is 16.5. The minimum Gasteiger partial charge on any atom is -0.481 e. The van der Waals surface area contributed by atoms with E-state index in [9.17, 15) is 4.79 Å². The summed E-state index contributed by atoms with van der Waals surface area (Å²) in [6.45, 7) is 2.73. The molecule has 1 N–H and O–H groups in total. The summed E-state index contributed by atoms with van der Waals surface area (Å²) in [6.07, 6.45) is 2.23. The maximum Gasteiger partial charge on any atom is 0.323 e. The van der Waals surface area contributed by atoms with Crippen molar-refractivity contribution in [3.63, 3.8) is 0 Å². The zero-order valence-corrected chi connectivity index (χ0v) is 12.6. The molecule has 0 fully saturated rings. The van der Waals surface area contributed by atoms with Gasteiger partial charge in [-0.25, -0.2) is 14.8 Å². The molecule has 0 aliphatic carbocycles. The monoisotopic (exact) mass is 298 g/mol. The van der Waals surface area contributed by atoms with Crippen molar-refractivity contribution in [2.45, 2.75) is 19.4 Å². The lowest BCUT2D eigenvalue weighted by Crippen LogP contribution is -2.41. The van der Waals surface area contributed by atoms with E-state index in [4.69, 9.17) is 4.74 Å². The highest BCUT2D eigenvalue weighted by Crippen LogP contribution is 2.29. The molecule has 1 atom stereocenters. The highest BCUT2D eigenvalue weighted by molar-refractivity contribution is 5.88. The highest BCUT2D eigenvalue weighted by Gasteiger charge is 2.27. The topological polar surface area (TPSA) is 67.3 Å². The number of benzene rings is 1. The molecule has 6 nitrogen and oxygen atoms in total. The number of fused-ring (bicyclic) bond motifs is 1. The summed E-state index contributed by atoms with van der Waals surface area (Å²) >= 11 is 0. The van der Waals surface area contributed by atoms with Crippen LogP contribution in [0.3, 0.4) is 0 Å². The quantitative estimate of drug-likeness (QED) is 0.925. The zero-order valence-electron chi connectivity index (χ0n) is 12.6. The number of carbonyl (C=O) groups excluding carboxylic acids is 1. The number of rotatable bonds is 2. The number of amides is 2. The second-order valence-electron chi connectivity index (χ2n) is 5.19. The first-order valence-corrected chi connectivity index (χ1v) is 7.20. The molecule has 0 spiro atoms. The summed E-state index contributed by atoms with van der Waals surface area (Å²) in [5, 5.41) is 2.80. The molecule has 0 saturated heterocycles. The third-order valence-corrected chi connectivity index (χ3v) is 3.94. The van der Waals surface area contributed by atoms with Crippen LogP contribution in [0.2, 0.25) is 0 Å². The summed E-state index contributed by atoms with van der Waals surface area (Å²) in [6, 6.07) is 9.71. The van der Waals surface area contributed by atoms with Crippen LogP contribution in [0.1, 0.15) is 24.1 Å². The second-order valence-corrected chi connectivity index (χ2v) is 5.19. The molecule has 114 valence electrons. The lowest BCUT2D eigenvalue weighted by Gasteiger charge is -2.35. The maximum atomic E-state index is 12.5. The summed E-state index contributed by atoms with van der Waals surface area (Å²) in [5.74, 6) is 0.852. The molecule has 2 amide bonds. The fourth-order valence-corrected chi connectivity index (χ4v) is 2.75. The predicted molar refractivity (Wildman–Crippen MR) is 82.9 cm³/mol. The Morgan fingerprint density at radius 1 is 1.36 bits per heavy atom. The second kappa shape index (κ2) is 6.01. The van der Waals surface area contributed by atoms with E-state index in [1.54, 1.807) is 6.07 Å². The van der Waals surface area contributed by atoms with Crippen LogP contribution in [0.25, 0.3) is 0 Å². The normalized spacial score (nSPS) is 16.8. The third kappa shape index (κ3) is 2.72. The van der Waals surface area contributed by atoms with Crippen molar-refractivity contribution in [1.29, 1.82) is 0 Å². The summed E-state index contributed by atoms with van der Waals surface area (Å²) in [7, 11) is 1.53. The number of nitrogens with one attached hydrogen (secondary N) is 1. The van der Waals surface area contributed by atoms with Gasteiger partial charge in [0.05, 0.1) is 13.2 Å². The van der Waals surface area contributed by atoms with Gasteiger partial charge in [0, 0.05) is 12.6 Å². The van der Waals surface area contributed by atoms with Gasteiger partial charge in [0.15, 0.2) is 0 Å². The van der Waals surface area contributed by atoms with E-state index >= 15 is 0 Å². The number of carbonyl (C=O) groups is 1. The molecule has 2 heterocycles. The SMILES string of the molecule is COc1cc(NC(=O)N2CCc3ccccc3[C@H]2C)ncn1. The van der Waals surface area contributed by atoms with Gasteiger partial charge in [-0.2, -0.15) is 0 Å². The standard InChI is InChI=1S/C16H18N4O2/c1-11-13-6-4-3-5-12(13)7-8-20(11)16(21)19-14-9-15(22-2)18-10-17-14/h3-6,9-11H,7-8H2,1-2H3,(H,17,18,19,21)/t11-/m1/s1. The van der Waals surface area contributed by atoms with Gasteiger partial charge in [0.2, 0.25) is 5.88 Å². The minimum atomic E-state index is -0.164. The Hall–Kier alpha value is -2.63. The Morgan fingerprint density at radius 2 is 2.18 bits per heavy atom. The minimum absolute atomic E-state index is 0.0358. The number of anilines is 1. The van der Waals surface area contributed by atoms with Gasteiger partial charge in [-0.05, 0) is 24.5 Å². The van der Waals surface area contributed by atoms with E-state index < -0.39 is 0 Å². The average Bonchev–Trinajstić information content (AvgIpc) is 2.55. The van der Waals surface area contributed by atoms with Crippen molar-refractivity contribution in [2.24, 2.45) is 0 Å². The lowest BCUT2D eigenvalue weighted by atomic mass is 9.94. The number of hydrogen-bond donors (Lipinski definition) is 1. The fraction of sp³-hybridized carbons (Fsp3) is 0.312. The van der Waals surface area contributed by atoms with Crippen LogP contribution in [-0.2, 0) is 6.42 Å². The molecule has 22 heavy (non-hydrogen) atoms. The fourth-order valence-electron chi connectivity index (χ4n) is 2.75. The molecule has 0 unspecified atom stereocenters. The van der Waals surface area contributed by atoms with E-state index in [-0.39, 0.29) is 12.1 Å². The van der Waals surface area contributed by atoms with Gasteiger partial charge in [-0.1, -0.05) is 24.3 Å². The van der Waals surface area contributed by atoms with Crippen LogP contribution in [-0.4, -0.2) is 34.6 Å². The first-order chi connectivity index (χ1) is 10.7. The van der Waals surface area contributed by atoms with Crippen LogP contribution in [0.15, 0.2) is 36.7 Å². The molecule has 1 aliphatic rings. The van der Waals surface area contributed by atoms with Crippen molar-refractivity contribution in [3.05, 3.63) is 47.8 Å².